The molecule has 0 radical (unpaired) electrons. The molecule has 2 aromatic heterocycles. The first-order valence-corrected chi connectivity index (χ1v) is 8.10. The SMILES string of the molecule is CNC(CCc1nccn1C)c1cc(Br)sc1Br. The molecule has 0 aliphatic rings. The number of halogens is 2. The number of thiophene rings is 1. The van der Waals surface area contributed by atoms with Crippen LogP contribution in [0.5, 0.6) is 0 Å². The Balaban J connectivity index is 2.06. The number of aromatic nitrogens is 2. The molecule has 1 N–H and O–H groups in total. The first-order valence-electron chi connectivity index (χ1n) is 5.70. The van der Waals surface area contributed by atoms with Crippen molar-refractivity contribution < 1.29 is 0 Å². The Bertz CT molecular complexity index is 521. The maximum absolute atomic E-state index is 4.36. The number of rotatable bonds is 5. The highest BCUT2D eigenvalue weighted by Gasteiger charge is 2.16. The van der Waals surface area contributed by atoms with Crippen LogP contribution in [-0.4, -0.2) is 16.6 Å². The van der Waals surface area contributed by atoms with Crippen LogP contribution >= 0.6 is 43.2 Å². The first kappa shape index (κ1) is 14.2. The van der Waals surface area contributed by atoms with Crippen LogP contribution in [0.1, 0.15) is 23.9 Å². The van der Waals surface area contributed by atoms with Crippen LogP contribution in [0.2, 0.25) is 0 Å². The van der Waals surface area contributed by atoms with Crippen molar-refractivity contribution in [3.8, 4) is 0 Å². The van der Waals surface area contributed by atoms with Crippen LogP contribution in [0.4, 0.5) is 0 Å². The predicted octanol–water partition coefficient (Wildman–Crippen LogP) is 3.90. The maximum Gasteiger partial charge on any atom is 0.108 e. The summed E-state index contributed by atoms with van der Waals surface area (Å²) in [4.78, 5) is 4.36. The number of hydrogen-bond acceptors (Lipinski definition) is 3. The molecule has 1 unspecified atom stereocenters. The molecule has 2 rings (SSSR count). The van der Waals surface area contributed by atoms with E-state index in [1.165, 1.54) is 9.35 Å². The third-order valence-corrected chi connectivity index (χ3v) is 5.37. The highest BCUT2D eigenvalue weighted by molar-refractivity contribution is 9.12. The highest BCUT2D eigenvalue weighted by atomic mass is 79.9. The molecule has 98 valence electrons. The third-order valence-electron chi connectivity index (χ3n) is 2.98. The van der Waals surface area contributed by atoms with Gasteiger partial charge in [-0.25, -0.2) is 4.98 Å². The zero-order valence-electron chi connectivity index (χ0n) is 10.3. The summed E-state index contributed by atoms with van der Waals surface area (Å²) in [5.74, 6) is 1.13. The van der Waals surface area contributed by atoms with E-state index in [-0.39, 0.29) is 0 Å². The Hall–Kier alpha value is -0.170. The van der Waals surface area contributed by atoms with Gasteiger partial charge in [-0.2, -0.15) is 0 Å². The minimum Gasteiger partial charge on any atom is -0.338 e. The van der Waals surface area contributed by atoms with Gasteiger partial charge < -0.3 is 9.88 Å². The molecule has 0 saturated heterocycles. The lowest BCUT2D eigenvalue weighted by Gasteiger charge is -2.15. The van der Waals surface area contributed by atoms with Gasteiger partial charge in [0.05, 0.1) is 7.57 Å². The smallest absolute Gasteiger partial charge is 0.108 e. The lowest BCUT2D eigenvalue weighted by atomic mass is 10.1. The monoisotopic (exact) mass is 391 g/mol. The van der Waals surface area contributed by atoms with Crippen molar-refractivity contribution in [1.29, 1.82) is 0 Å². The second kappa shape index (κ2) is 6.32. The summed E-state index contributed by atoms with van der Waals surface area (Å²) in [5, 5.41) is 3.37. The molecule has 0 amide bonds. The molecule has 18 heavy (non-hydrogen) atoms. The number of aryl methyl sites for hydroxylation is 2. The standard InChI is InChI=1S/C12H15Br2N3S/c1-15-9(8-7-10(13)18-12(8)14)3-4-11-16-5-6-17(11)2/h5-7,9,15H,3-4H2,1-2H3. The van der Waals surface area contributed by atoms with Crippen molar-refractivity contribution in [3.05, 3.63) is 37.4 Å². The average molecular weight is 393 g/mol. The molecular weight excluding hydrogens is 378 g/mol. The topological polar surface area (TPSA) is 29.9 Å². The van der Waals surface area contributed by atoms with E-state index in [0.717, 1.165) is 22.5 Å². The van der Waals surface area contributed by atoms with Gasteiger partial charge in [0.1, 0.15) is 5.82 Å². The van der Waals surface area contributed by atoms with Crippen LogP contribution < -0.4 is 5.32 Å². The molecule has 0 saturated carbocycles. The molecule has 0 aliphatic heterocycles. The number of imidazole rings is 1. The highest BCUT2D eigenvalue weighted by Crippen LogP contribution is 2.36. The molecule has 1 atom stereocenters. The lowest BCUT2D eigenvalue weighted by molar-refractivity contribution is 0.536. The fourth-order valence-electron chi connectivity index (χ4n) is 1.96. The summed E-state index contributed by atoms with van der Waals surface area (Å²) in [6.45, 7) is 0. The summed E-state index contributed by atoms with van der Waals surface area (Å²) >= 11 is 8.86. The van der Waals surface area contributed by atoms with Crippen LogP contribution in [0, 0.1) is 0 Å². The van der Waals surface area contributed by atoms with Gasteiger partial charge in [-0.15, -0.1) is 11.3 Å². The second-order valence-corrected chi connectivity index (χ2v) is 7.86. The van der Waals surface area contributed by atoms with Gasteiger partial charge in [-0.3, -0.25) is 0 Å². The van der Waals surface area contributed by atoms with Crippen LogP contribution in [0.15, 0.2) is 26.0 Å². The Kier molecular flexibility index (Phi) is 5.00. The number of hydrogen-bond donors (Lipinski definition) is 1. The molecular formula is C12H15Br2N3S. The van der Waals surface area contributed by atoms with E-state index in [2.05, 4.69) is 52.8 Å². The Labute approximate surface area is 128 Å². The fourth-order valence-corrected chi connectivity index (χ4v) is 4.93. The quantitative estimate of drug-likeness (QED) is 0.836. The van der Waals surface area contributed by atoms with E-state index in [4.69, 9.17) is 0 Å². The summed E-state index contributed by atoms with van der Waals surface area (Å²) < 4.78 is 4.42. The van der Waals surface area contributed by atoms with Crippen molar-refractivity contribution in [2.75, 3.05) is 7.05 Å². The van der Waals surface area contributed by atoms with Crippen molar-refractivity contribution in [3.63, 3.8) is 0 Å². The zero-order valence-corrected chi connectivity index (χ0v) is 14.3. The minimum atomic E-state index is 0.346. The number of nitrogens with zero attached hydrogens (tertiary/aromatic N) is 2. The molecule has 0 aromatic carbocycles. The minimum absolute atomic E-state index is 0.346. The molecule has 0 fully saturated rings. The molecule has 3 nitrogen and oxygen atoms in total. The average Bonchev–Trinajstić information content (AvgIpc) is 2.87. The van der Waals surface area contributed by atoms with Gasteiger partial charge in [-0.1, -0.05) is 0 Å². The van der Waals surface area contributed by atoms with Crippen LogP contribution in [-0.2, 0) is 13.5 Å². The summed E-state index contributed by atoms with van der Waals surface area (Å²) in [6, 6.07) is 2.52. The van der Waals surface area contributed by atoms with E-state index >= 15 is 0 Å². The van der Waals surface area contributed by atoms with E-state index in [0.29, 0.717) is 6.04 Å². The van der Waals surface area contributed by atoms with Gasteiger partial charge in [0.25, 0.3) is 0 Å². The molecule has 0 spiro atoms. The van der Waals surface area contributed by atoms with Gasteiger partial charge >= 0.3 is 0 Å². The zero-order chi connectivity index (χ0) is 13.1. The Morgan fingerprint density at radius 1 is 1.50 bits per heavy atom. The predicted molar refractivity (Wildman–Crippen MR) is 83.0 cm³/mol. The molecule has 2 aromatic rings. The molecule has 2 heterocycles. The van der Waals surface area contributed by atoms with Crippen molar-refractivity contribution >= 4 is 43.2 Å². The van der Waals surface area contributed by atoms with E-state index < -0.39 is 0 Å². The number of nitrogens with one attached hydrogen (secondary N) is 1. The van der Waals surface area contributed by atoms with E-state index in [1.807, 2.05) is 26.5 Å². The third kappa shape index (κ3) is 3.23. The van der Waals surface area contributed by atoms with Gasteiger partial charge in [0, 0.05) is 31.9 Å². The van der Waals surface area contributed by atoms with Crippen molar-refractivity contribution in [1.82, 2.24) is 14.9 Å². The molecule has 0 bridgehead atoms. The Morgan fingerprint density at radius 3 is 2.78 bits per heavy atom. The van der Waals surface area contributed by atoms with E-state index in [9.17, 15) is 0 Å². The normalized spacial score (nSPS) is 12.9. The largest absolute Gasteiger partial charge is 0.338 e. The van der Waals surface area contributed by atoms with Crippen molar-refractivity contribution in [2.45, 2.75) is 18.9 Å². The fraction of sp³-hybridized carbons (Fsp3) is 0.417. The molecule has 0 aliphatic carbocycles. The maximum atomic E-state index is 4.36. The summed E-state index contributed by atoms with van der Waals surface area (Å²) in [7, 11) is 4.04. The van der Waals surface area contributed by atoms with Crippen LogP contribution in [0.3, 0.4) is 0 Å². The van der Waals surface area contributed by atoms with Gasteiger partial charge in [0.2, 0.25) is 0 Å². The molecule has 6 heteroatoms. The summed E-state index contributed by atoms with van der Waals surface area (Å²) in [5.41, 5.74) is 1.31. The van der Waals surface area contributed by atoms with Gasteiger partial charge in [0.15, 0.2) is 0 Å². The summed E-state index contributed by atoms with van der Waals surface area (Å²) in [6.07, 6.45) is 5.83. The van der Waals surface area contributed by atoms with Gasteiger partial charge in [-0.05, 0) is 57.0 Å². The second-order valence-electron chi connectivity index (χ2n) is 4.11. The van der Waals surface area contributed by atoms with Crippen molar-refractivity contribution in [2.24, 2.45) is 7.05 Å². The Morgan fingerprint density at radius 2 is 2.28 bits per heavy atom. The lowest BCUT2D eigenvalue weighted by Crippen LogP contribution is -2.17. The first-order chi connectivity index (χ1) is 8.61. The van der Waals surface area contributed by atoms with Crippen LogP contribution in [0.25, 0.3) is 0 Å². The van der Waals surface area contributed by atoms with E-state index in [1.54, 1.807) is 11.3 Å².